The summed E-state index contributed by atoms with van der Waals surface area (Å²) < 4.78 is 6.31. The molecule has 3 aromatic rings. The summed E-state index contributed by atoms with van der Waals surface area (Å²) in [6, 6.07) is 8.60. The van der Waals surface area contributed by atoms with Crippen LogP contribution in [0.3, 0.4) is 0 Å². The highest BCUT2D eigenvalue weighted by Crippen LogP contribution is 2.33. The Kier molecular flexibility index (Phi) is 3.71. The van der Waals surface area contributed by atoms with Crippen LogP contribution in [0.4, 0.5) is 5.82 Å². The Bertz CT molecular complexity index is 850. The number of ether oxygens (including phenoxy) is 1. The van der Waals surface area contributed by atoms with Crippen LogP contribution in [0, 0.1) is 0 Å². The molecule has 2 heterocycles. The van der Waals surface area contributed by atoms with Crippen LogP contribution in [0.15, 0.2) is 36.0 Å². The number of aromatic nitrogens is 2. The van der Waals surface area contributed by atoms with Crippen molar-refractivity contribution in [3.05, 3.63) is 47.1 Å². The summed E-state index contributed by atoms with van der Waals surface area (Å²) in [4.78, 5) is 8.85. The Morgan fingerprint density at radius 2 is 2.00 bits per heavy atom. The van der Waals surface area contributed by atoms with Crippen molar-refractivity contribution in [3.8, 4) is 5.75 Å². The summed E-state index contributed by atoms with van der Waals surface area (Å²) in [5.41, 5.74) is 3.27. The van der Waals surface area contributed by atoms with Crippen molar-refractivity contribution in [1.82, 2.24) is 9.97 Å². The average Bonchev–Trinajstić information content (AvgIpc) is 3.31. The molecule has 4 nitrogen and oxygen atoms in total. The molecule has 0 spiro atoms. The quantitative estimate of drug-likeness (QED) is 0.754. The smallest absolute Gasteiger partial charge is 0.147 e. The molecule has 0 bridgehead atoms. The maximum Gasteiger partial charge on any atom is 0.147 e. The Labute approximate surface area is 138 Å². The molecule has 4 rings (SSSR count). The monoisotopic (exact) mass is 323 g/mol. The molecule has 0 amide bonds. The predicted octanol–water partition coefficient (Wildman–Crippen LogP) is 4.44. The van der Waals surface area contributed by atoms with Gasteiger partial charge in [0.1, 0.15) is 17.9 Å². The zero-order valence-corrected chi connectivity index (χ0v) is 13.6. The SMILES string of the molecule is COc1ccc(/C=C/c2csc3c(NC4CC4)ncnc23)cc1. The molecule has 1 aromatic carbocycles. The number of thiophene rings is 1. The van der Waals surface area contributed by atoms with Gasteiger partial charge in [-0.15, -0.1) is 11.3 Å². The van der Waals surface area contributed by atoms with Gasteiger partial charge >= 0.3 is 0 Å². The number of nitrogens with one attached hydrogen (secondary N) is 1. The summed E-state index contributed by atoms with van der Waals surface area (Å²) >= 11 is 1.69. The van der Waals surface area contributed by atoms with Gasteiger partial charge in [-0.25, -0.2) is 9.97 Å². The van der Waals surface area contributed by atoms with Crippen molar-refractivity contribution < 1.29 is 4.74 Å². The van der Waals surface area contributed by atoms with E-state index in [-0.39, 0.29) is 0 Å². The van der Waals surface area contributed by atoms with Gasteiger partial charge in [0.05, 0.1) is 17.3 Å². The molecule has 1 saturated carbocycles. The van der Waals surface area contributed by atoms with Gasteiger partial charge in [-0.05, 0) is 30.5 Å². The number of benzene rings is 1. The van der Waals surface area contributed by atoms with Crippen molar-refractivity contribution in [2.45, 2.75) is 18.9 Å². The van der Waals surface area contributed by atoms with Crippen molar-refractivity contribution in [1.29, 1.82) is 0 Å². The Morgan fingerprint density at radius 1 is 1.17 bits per heavy atom. The minimum absolute atomic E-state index is 0.591. The minimum atomic E-state index is 0.591. The lowest BCUT2D eigenvalue weighted by molar-refractivity contribution is 0.415. The molecular formula is C18H17N3OS. The van der Waals surface area contributed by atoms with E-state index in [2.05, 4.69) is 32.8 Å². The van der Waals surface area contributed by atoms with Crippen LogP contribution in [0.5, 0.6) is 5.75 Å². The van der Waals surface area contributed by atoms with E-state index < -0.39 is 0 Å². The van der Waals surface area contributed by atoms with Crippen molar-refractivity contribution in [2.24, 2.45) is 0 Å². The molecule has 5 heteroatoms. The molecule has 0 atom stereocenters. The number of fused-ring (bicyclic) bond motifs is 1. The van der Waals surface area contributed by atoms with Gasteiger partial charge in [0.25, 0.3) is 0 Å². The molecular weight excluding hydrogens is 306 g/mol. The maximum atomic E-state index is 5.18. The first kappa shape index (κ1) is 14.2. The number of methoxy groups -OCH3 is 1. The van der Waals surface area contributed by atoms with Crippen LogP contribution in [-0.4, -0.2) is 23.1 Å². The third-order valence-corrected chi connectivity index (χ3v) is 4.86. The first-order chi connectivity index (χ1) is 11.3. The summed E-state index contributed by atoms with van der Waals surface area (Å²) in [6.45, 7) is 0. The molecule has 1 N–H and O–H groups in total. The van der Waals surface area contributed by atoms with E-state index in [4.69, 9.17) is 4.74 Å². The molecule has 0 saturated heterocycles. The predicted molar refractivity (Wildman–Crippen MR) is 96.0 cm³/mol. The van der Waals surface area contributed by atoms with E-state index in [1.807, 2.05) is 24.3 Å². The fraction of sp³-hybridized carbons (Fsp3) is 0.222. The van der Waals surface area contributed by atoms with Gasteiger partial charge in [0.15, 0.2) is 0 Å². The van der Waals surface area contributed by atoms with Crippen LogP contribution < -0.4 is 10.1 Å². The van der Waals surface area contributed by atoms with Crippen LogP contribution in [0.25, 0.3) is 22.4 Å². The molecule has 0 radical (unpaired) electrons. The molecule has 116 valence electrons. The lowest BCUT2D eigenvalue weighted by Gasteiger charge is -2.03. The zero-order chi connectivity index (χ0) is 15.6. The van der Waals surface area contributed by atoms with Crippen LogP contribution in [0.1, 0.15) is 24.0 Å². The summed E-state index contributed by atoms with van der Waals surface area (Å²) in [6.07, 6.45) is 8.32. The van der Waals surface area contributed by atoms with E-state index in [1.165, 1.54) is 12.8 Å². The lowest BCUT2D eigenvalue weighted by atomic mass is 10.1. The number of nitrogens with zero attached hydrogens (tertiary/aromatic N) is 2. The van der Waals surface area contributed by atoms with E-state index >= 15 is 0 Å². The third kappa shape index (κ3) is 3.05. The topological polar surface area (TPSA) is 47.0 Å². The molecule has 23 heavy (non-hydrogen) atoms. The zero-order valence-electron chi connectivity index (χ0n) is 12.8. The first-order valence-corrected chi connectivity index (χ1v) is 8.52. The van der Waals surface area contributed by atoms with Crippen LogP contribution in [0.2, 0.25) is 0 Å². The summed E-state index contributed by atoms with van der Waals surface area (Å²) in [5.74, 6) is 1.83. The Morgan fingerprint density at radius 3 is 2.74 bits per heavy atom. The Balaban J connectivity index is 1.61. The largest absolute Gasteiger partial charge is 0.497 e. The summed E-state index contributed by atoms with van der Waals surface area (Å²) in [5, 5.41) is 5.62. The van der Waals surface area contributed by atoms with Gasteiger partial charge in [-0.2, -0.15) is 0 Å². The second-order valence-corrected chi connectivity index (χ2v) is 6.50. The van der Waals surface area contributed by atoms with E-state index in [0.717, 1.165) is 32.9 Å². The number of anilines is 1. The van der Waals surface area contributed by atoms with Gasteiger partial charge < -0.3 is 10.1 Å². The maximum absolute atomic E-state index is 5.18. The number of rotatable bonds is 5. The minimum Gasteiger partial charge on any atom is -0.497 e. The average molecular weight is 323 g/mol. The molecule has 2 aromatic heterocycles. The van der Waals surface area contributed by atoms with Crippen molar-refractivity contribution >= 4 is 39.5 Å². The molecule has 0 aliphatic heterocycles. The van der Waals surface area contributed by atoms with E-state index in [1.54, 1.807) is 24.8 Å². The molecule has 1 aliphatic rings. The van der Waals surface area contributed by atoms with E-state index in [9.17, 15) is 0 Å². The fourth-order valence-corrected chi connectivity index (χ4v) is 3.35. The fourth-order valence-electron chi connectivity index (χ4n) is 2.41. The highest BCUT2D eigenvalue weighted by atomic mass is 32.1. The Hall–Kier alpha value is -2.40. The van der Waals surface area contributed by atoms with Gasteiger partial charge in [0.2, 0.25) is 0 Å². The lowest BCUT2D eigenvalue weighted by Crippen LogP contribution is -2.03. The highest BCUT2D eigenvalue weighted by molar-refractivity contribution is 7.18. The van der Waals surface area contributed by atoms with E-state index in [0.29, 0.717) is 6.04 Å². The number of hydrogen-bond donors (Lipinski definition) is 1. The van der Waals surface area contributed by atoms with Crippen LogP contribution in [-0.2, 0) is 0 Å². The van der Waals surface area contributed by atoms with Crippen LogP contribution >= 0.6 is 11.3 Å². The van der Waals surface area contributed by atoms with Gasteiger partial charge in [0, 0.05) is 17.0 Å². The number of hydrogen-bond acceptors (Lipinski definition) is 5. The second kappa shape index (κ2) is 6.01. The van der Waals surface area contributed by atoms with Crippen molar-refractivity contribution in [3.63, 3.8) is 0 Å². The highest BCUT2D eigenvalue weighted by Gasteiger charge is 2.22. The van der Waals surface area contributed by atoms with Gasteiger partial charge in [-0.1, -0.05) is 24.3 Å². The second-order valence-electron chi connectivity index (χ2n) is 5.62. The van der Waals surface area contributed by atoms with Crippen molar-refractivity contribution in [2.75, 3.05) is 12.4 Å². The summed E-state index contributed by atoms with van der Waals surface area (Å²) in [7, 11) is 1.68. The third-order valence-electron chi connectivity index (χ3n) is 3.87. The van der Waals surface area contributed by atoms with Gasteiger partial charge in [-0.3, -0.25) is 0 Å². The molecule has 1 fully saturated rings. The molecule has 1 aliphatic carbocycles. The standard InChI is InChI=1S/C18H17N3OS/c1-22-15-8-3-12(4-9-15)2-5-13-10-23-17-16(13)19-11-20-18(17)21-14-6-7-14/h2-5,8-11,14H,6-7H2,1H3,(H,19,20,21)/b5-2+. The first-order valence-electron chi connectivity index (χ1n) is 7.64. The normalized spacial score (nSPS) is 14.5. The molecule has 0 unspecified atom stereocenters.